The molecule has 0 fully saturated rings. The maximum absolute atomic E-state index is 11.6. The van der Waals surface area contributed by atoms with Crippen LogP contribution in [0.5, 0.6) is 0 Å². The average Bonchev–Trinajstić information content (AvgIpc) is 2.44. The number of nitrogens with zero attached hydrogens (tertiary/aromatic N) is 1. The summed E-state index contributed by atoms with van der Waals surface area (Å²) in [7, 11) is 0. The minimum absolute atomic E-state index is 0.147. The number of thioether (sulfide) groups is 1. The second kappa shape index (κ2) is 7.45. The highest BCUT2D eigenvalue weighted by atomic mass is 32.2. The standard InChI is InChI=1S/C15H22N2O3S/c1-4-15(5-2,14(16)18)21-9-8-12-7-6-11(3)10-13(12)17(19)20/h6-7,10H,4-5,8-9H2,1-3H3,(H2,16,18). The van der Waals surface area contributed by atoms with E-state index in [0.717, 1.165) is 5.56 Å². The lowest BCUT2D eigenvalue weighted by Gasteiger charge is -2.27. The monoisotopic (exact) mass is 310 g/mol. The molecule has 0 spiro atoms. The lowest BCUT2D eigenvalue weighted by molar-refractivity contribution is -0.385. The number of hydrogen-bond donors (Lipinski definition) is 1. The van der Waals surface area contributed by atoms with Gasteiger partial charge in [0.15, 0.2) is 0 Å². The number of aryl methyl sites for hydroxylation is 2. The molecule has 116 valence electrons. The van der Waals surface area contributed by atoms with Crippen LogP contribution in [0.25, 0.3) is 0 Å². The van der Waals surface area contributed by atoms with Crippen LogP contribution >= 0.6 is 11.8 Å². The Morgan fingerprint density at radius 2 is 2.00 bits per heavy atom. The molecular weight excluding hydrogens is 288 g/mol. The van der Waals surface area contributed by atoms with Gasteiger partial charge in [0.25, 0.3) is 5.69 Å². The minimum atomic E-state index is -0.570. The van der Waals surface area contributed by atoms with Crippen molar-refractivity contribution in [3.63, 3.8) is 0 Å². The van der Waals surface area contributed by atoms with E-state index in [-0.39, 0.29) is 16.5 Å². The second-order valence-electron chi connectivity index (χ2n) is 5.05. The summed E-state index contributed by atoms with van der Waals surface area (Å²) in [5.41, 5.74) is 7.21. The van der Waals surface area contributed by atoms with E-state index in [0.29, 0.717) is 30.6 Å². The van der Waals surface area contributed by atoms with E-state index < -0.39 is 4.75 Å². The van der Waals surface area contributed by atoms with Gasteiger partial charge in [-0.25, -0.2) is 0 Å². The number of rotatable bonds is 8. The summed E-state index contributed by atoms with van der Waals surface area (Å²) < 4.78 is -0.570. The molecule has 1 aromatic rings. The molecule has 0 bridgehead atoms. The number of carbonyl (C=O) groups excluding carboxylic acids is 1. The summed E-state index contributed by atoms with van der Waals surface area (Å²) in [5, 5.41) is 11.1. The van der Waals surface area contributed by atoms with Crippen molar-refractivity contribution in [2.24, 2.45) is 5.73 Å². The fourth-order valence-corrected chi connectivity index (χ4v) is 3.55. The zero-order chi connectivity index (χ0) is 16.0. The van der Waals surface area contributed by atoms with Crippen LogP contribution in [-0.2, 0) is 11.2 Å². The summed E-state index contributed by atoms with van der Waals surface area (Å²) in [4.78, 5) is 22.4. The van der Waals surface area contributed by atoms with Crippen LogP contribution in [0.3, 0.4) is 0 Å². The molecule has 5 nitrogen and oxygen atoms in total. The SMILES string of the molecule is CCC(CC)(SCCc1ccc(C)cc1[N+](=O)[O-])C(N)=O. The van der Waals surface area contributed by atoms with Gasteiger partial charge in [0, 0.05) is 11.6 Å². The van der Waals surface area contributed by atoms with E-state index >= 15 is 0 Å². The van der Waals surface area contributed by atoms with Crippen LogP contribution < -0.4 is 5.73 Å². The second-order valence-corrected chi connectivity index (χ2v) is 6.53. The Morgan fingerprint density at radius 3 is 2.48 bits per heavy atom. The first-order valence-electron chi connectivity index (χ1n) is 7.04. The van der Waals surface area contributed by atoms with Crippen molar-refractivity contribution in [2.75, 3.05) is 5.75 Å². The predicted octanol–water partition coefficient (Wildman–Crippen LogP) is 3.22. The molecule has 0 aliphatic carbocycles. The number of primary amides is 1. The molecule has 1 amide bonds. The van der Waals surface area contributed by atoms with Gasteiger partial charge in [0.1, 0.15) is 0 Å². The molecular formula is C15H22N2O3S. The van der Waals surface area contributed by atoms with E-state index in [2.05, 4.69) is 0 Å². The van der Waals surface area contributed by atoms with Gasteiger partial charge in [-0.05, 0) is 37.5 Å². The molecule has 0 atom stereocenters. The van der Waals surface area contributed by atoms with Crippen LogP contribution in [0.2, 0.25) is 0 Å². The maximum Gasteiger partial charge on any atom is 0.272 e. The Morgan fingerprint density at radius 1 is 1.38 bits per heavy atom. The van der Waals surface area contributed by atoms with Gasteiger partial charge in [-0.15, -0.1) is 11.8 Å². The van der Waals surface area contributed by atoms with Crippen molar-refractivity contribution >= 4 is 23.4 Å². The first kappa shape index (κ1) is 17.5. The smallest absolute Gasteiger partial charge is 0.272 e. The lowest BCUT2D eigenvalue weighted by atomic mass is 10.0. The number of nitrogens with two attached hydrogens (primary N) is 1. The average molecular weight is 310 g/mol. The fourth-order valence-electron chi connectivity index (χ4n) is 2.29. The molecule has 2 N–H and O–H groups in total. The minimum Gasteiger partial charge on any atom is -0.368 e. The molecule has 0 aliphatic heterocycles. The number of nitro benzene ring substituents is 1. The van der Waals surface area contributed by atoms with Gasteiger partial charge in [-0.2, -0.15) is 0 Å². The first-order valence-corrected chi connectivity index (χ1v) is 8.02. The largest absolute Gasteiger partial charge is 0.368 e. The molecule has 0 saturated carbocycles. The molecule has 0 heterocycles. The summed E-state index contributed by atoms with van der Waals surface area (Å²) in [6.07, 6.45) is 1.88. The van der Waals surface area contributed by atoms with Crippen LogP contribution in [0, 0.1) is 17.0 Å². The van der Waals surface area contributed by atoms with Crippen molar-refractivity contribution in [1.29, 1.82) is 0 Å². The van der Waals surface area contributed by atoms with Gasteiger partial charge < -0.3 is 5.73 Å². The first-order chi connectivity index (χ1) is 9.86. The highest BCUT2D eigenvalue weighted by Crippen LogP contribution is 2.33. The normalized spacial score (nSPS) is 11.4. The fraction of sp³-hybridized carbons (Fsp3) is 0.533. The molecule has 0 saturated heterocycles. The molecule has 0 aliphatic rings. The van der Waals surface area contributed by atoms with Crippen LogP contribution in [0.1, 0.15) is 37.8 Å². The van der Waals surface area contributed by atoms with Crippen molar-refractivity contribution in [1.82, 2.24) is 0 Å². The highest BCUT2D eigenvalue weighted by Gasteiger charge is 2.33. The van der Waals surface area contributed by atoms with Crippen molar-refractivity contribution in [2.45, 2.75) is 44.8 Å². The van der Waals surface area contributed by atoms with Gasteiger partial charge in [-0.3, -0.25) is 14.9 Å². The zero-order valence-corrected chi connectivity index (χ0v) is 13.5. The summed E-state index contributed by atoms with van der Waals surface area (Å²) in [6, 6.07) is 5.24. The quantitative estimate of drug-likeness (QED) is 0.590. The van der Waals surface area contributed by atoms with E-state index in [1.54, 1.807) is 12.1 Å². The van der Waals surface area contributed by atoms with Crippen molar-refractivity contribution in [3.05, 3.63) is 39.4 Å². The molecule has 1 aromatic carbocycles. The summed E-state index contributed by atoms with van der Waals surface area (Å²) >= 11 is 1.50. The van der Waals surface area contributed by atoms with Gasteiger partial charge in [0.2, 0.25) is 5.91 Å². The highest BCUT2D eigenvalue weighted by molar-refractivity contribution is 8.01. The van der Waals surface area contributed by atoms with Crippen LogP contribution in [0.4, 0.5) is 5.69 Å². The Kier molecular flexibility index (Phi) is 6.20. The maximum atomic E-state index is 11.6. The number of nitro groups is 1. The number of benzene rings is 1. The summed E-state index contributed by atoms with van der Waals surface area (Å²) in [5.74, 6) is 0.324. The van der Waals surface area contributed by atoms with E-state index in [9.17, 15) is 14.9 Å². The molecule has 6 heteroatoms. The third kappa shape index (κ3) is 4.20. The Bertz CT molecular complexity index is 528. The topological polar surface area (TPSA) is 86.2 Å². The third-order valence-electron chi connectivity index (χ3n) is 3.78. The number of carbonyl (C=O) groups is 1. The van der Waals surface area contributed by atoms with Crippen LogP contribution in [-0.4, -0.2) is 21.3 Å². The summed E-state index contributed by atoms with van der Waals surface area (Å²) in [6.45, 7) is 5.71. The van der Waals surface area contributed by atoms with E-state index in [1.165, 1.54) is 11.8 Å². The zero-order valence-electron chi connectivity index (χ0n) is 12.7. The predicted molar refractivity (Wildman–Crippen MR) is 86.5 cm³/mol. The lowest BCUT2D eigenvalue weighted by Crippen LogP contribution is -2.40. The van der Waals surface area contributed by atoms with Gasteiger partial charge >= 0.3 is 0 Å². The Labute approximate surface area is 129 Å². The molecule has 21 heavy (non-hydrogen) atoms. The molecule has 0 unspecified atom stereocenters. The third-order valence-corrected chi connectivity index (χ3v) is 5.52. The molecule has 0 aromatic heterocycles. The Hall–Kier alpha value is -1.56. The van der Waals surface area contributed by atoms with Gasteiger partial charge in [0.05, 0.1) is 9.67 Å². The number of hydrogen-bond acceptors (Lipinski definition) is 4. The van der Waals surface area contributed by atoms with E-state index in [1.807, 2.05) is 26.8 Å². The van der Waals surface area contributed by atoms with Crippen molar-refractivity contribution < 1.29 is 9.72 Å². The number of amides is 1. The molecule has 1 rings (SSSR count). The van der Waals surface area contributed by atoms with Gasteiger partial charge in [-0.1, -0.05) is 26.0 Å². The van der Waals surface area contributed by atoms with Crippen LogP contribution in [0.15, 0.2) is 18.2 Å². The Balaban J connectivity index is 2.80. The molecule has 0 radical (unpaired) electrons. The van der Waals surface area contributed by atoms with E-state index in [4.69, 9.17) is 5.73 Å². The van der Waals surface area contributed by atoms with Crippen molar-refractivity contribution in [3.8, 4) is 0 Å².